The van der Waals surface area contributed by atoms with Crippen LogP contribution in [0.15, 0.2) is 23.1 Å². The molecule has 0 atom stereocenters. The second-order valence-corrected chi connectivity index (χ2v) is 5.40. The van der Waals surface area contributed by atoms with Gasteiger partial charge in [-0.25, -0.2) is 17.2 Å². The van der Waals surface area contributed by atoms with Crippen LogP contribution in [0, 0.1) is 0 Å². The Hall–Kier alpha value is -0.390. The molecule has 0 saturated carbocycles. The molecule has 2 nitrogen and oxygen atoms in total. The van der Waals surface area contributed by atoms with Gasteiger partial charge in [0.25, 0.3) is 15.5 Å². The first-order chi connectivity index (χ1) is 6.32. The molecule has 1 aromatic carbocycles. The summed E-state index contributed by atoms with van der Waals surface area (Å²) in [6, 6.07) is 2.89. The van der Waals surface area contributed by atoms with Crippen LogP contribution in [0.4, 0.5) is 8.78 Å². The molecule has 1 rings (SSSR count). The Bertz CT molecular complexity index is 445. The van der Waals surface area contributed by atoms with E-state index < -0.39 is 21.0 Å². The van der Waals surface area contributed by atoms with Gasteiger partial charge in [-0.3, -0.25) is 0 Å². The maximum Gasteiger partial charge on any atom is 0.265 e. The lowest BCUT2D eigenvalue weighted by atomic mass is 10.2. The topological polar surface area (TPSA) is 34.1 Å². The number of alkyl halides is 2. The molecule has 0 N–H and O–H groups in total. The molecule has 0 heterocycles. The molecule has 78 valence electrons. The van der Waals surface area contributed by atoms with Gasteiger partial charge in [-0.15, -0.1) is 0 Å². The fraction of sp³-hybridized carbons (Fsp3) is 0.143. The van der Waals surface area contributed by atoms with E-state index in [0.29, 0.717) is 0 Å². The highest BCUT2D eigenvalue weighted by molar-refractivity contribution is 8.13. The summed E-state index contributed by atoms with van der Waals surface area (Å²) in [5.41, 5.74) is -0.548. The van der Waals surface area contributed by atoms with Crippen molar-refractivity contribution in [3.8, 4) is 0 Å². The molecular weight excluding hydrogens is 257 g/mol. The van der Waals surface area contributed by atoms with Crippen LogP contribution >= 0.6 is 22.3 Å². The summed E-state index contributed by atoms with van der Waals surface area (Å²) < 4.78 is 46.1. The van der Waals surface area contributed by atoms with E-state index >= 15 is 0 Å². The molecule has 0 aliphatic carbocycles. The lowest BCUT2D eigenvalue weighted by Gasteiger charge is -2.04. The van der Waals surface area contributed by atoms with E-state index in [2.05, 4.69) is 0 Å². The highest BCUT2D eigenvalue weighted by atomic mass is 35.7. The van der Waals surface area contributed by atoms with Gasteiger partial charge in [-0.2, -0.15) is 0 Å². The van der Waals surface area contributed by atoms with Crippen LogP contribution in [0.2, 0.25) is 5.02 Å². The highest BCUT2D eigenvalue weighted by Gasteiger charge is 2.17. The summed E-state index contributed by atoms with van der Waals surface area (Å²) in [5.74, 6) is 0. The Morgan fingerprint density at radius 2 is 1.86 bits per heavy atom. The fourth-order valence-corrected chi connectivity index (χ4v) is 1.83. The number of hydrogen-bond donors (Lipinski definition) is 0. The Kier molecular flexibility index (Phi) is 3.34. The van der Waals surface area contributed by atoms with E-state index in [9.17, 15) is 17.2 Å². The number of benzene rings is 1. The average Bonchev–Trinajstić information content (AvgIpc) is 2.02. The van der Waals surface area contributed by atoms with Crippen molar-refractivity contribution in [2.45, 2.75) is 11.3 Å². The summed E-state index contributed by atoms with van der Waals surface area (Å²) in [6.45, 7) is 0. The summed E-state index contributed by atoms with van der Waals surface area (Å²) in [5, 5.41) is -0.191. The minimum absolute atomic E-state index is 0.191. The molecule has 0 aliphatic heterocycles. The van der Waals surface area contributed by atoms with Crippen LogP contribution in [-0.2, 0) is 9.05 Å². The van der Waals surface area contributed by atoms with Crippen molar-refractivity contribution in [2.24, 2.45) is 0 Å². The molecule has 0 unspecified atom stereocenters. The summed E-state index contributed by atoms with van der Waals surface area (Å²) >= 11 is 5.42. The normalized spacial score (nSPS) is 12.1. The van der Waals surface area contributed by atoms with Crippen molar-refractivity contribution in [2.75, 3.05) is 0 Å². The Labute approximate surface area is 88.9 Å². The lowest BCUT2D eigenvalue weighted by molar-refractivity contribution is 0.151. The van der Waals surface area contributed by atoms with Crippen LogP contribution < -0.4 is 0 Å². The fourth-order valence-electron chi connectivity index (χ4n) is 0.841. The number of halogens is 4. The predicted molar refractivity (Wildman–Crippen MR) is 49.4 cm³/mol. The second-order valence-electron chi connectivity index (χ2n) is 2.42. The zero-order chi connectivity index (χ0) is 10.9. The molecule has 1 aromatic rings. The maximum absolute atomic E-state index is 12.3. The lowest BCUT2D eigenvalue weighted by Crippen LogP contribution is -1.94. The number of rotatable bonds is 2. The first-order valence-electron chi connectivity index (χ1n) is 3.34. The monoisotopic (exact) mass is 260 g/mol. The second kappa shape index (κ2) is 4.00. The van der Waals surface area contributed by atoms with Gasteiger partial charge in [-0.1, -0.05) is 11.6 Å². The zero-order valence-corrected chi connectivity index (χ0v) is 8.87. The molecule has 14 heavy (non-hydrogen) atoms. The van der Waals surface area contributed by atoms with E-state index in [4.69, 9.17) is 22.3 Å². The van der Waals surface area contributed by atoms with Crippen LogP contribution in [0.3, 0.4) is 0 Å². The van der Waals surface area contributed by atoms with Gasteiger partial charge in [0, 0.05) is 21.3 Å². The third kappa shape index (κ3) is 2.56. The SMILES string of the molecule is O=S(=O)(Cl)c1ccc(Cl)c(C(F)F)c1. The Balaban J connectivity index is 3.34. The van der Waals surface area contributed by atoms with Crippen molar-refractivity contribution in [1.82, 2.24) is 0 Å². The third-order valence-electron chi connectivity index (χ3n) is 1.48. The van der Waals surface area contributed by atoms with E-state index in [1.165, 1.54) is 0 Å². The Morgan fingerprint density at radius 3 is 2.29 bits per heavy atom. The van der Waals surface area contributed by atoms with Crippen LogP contribution in [0.5, 0.6) is 0 Å². The largest absolute Gasteiger partial charge is 0.265 e. The van der Waals surface area contributed by atoms with E-state index in [1.54, 1.807) is 0 Å². The van der Waals surface area contributed by atoms with E-state index in [-0.39, 0.29) is 9.92 Å². The van der Waals surface area contributed by atoms with Crippen molar-refractivity contribution in [3.05, 3.63) is 28.8 Å². The molecule has 0 aromatic heterocycles. The Morgan fingerprint density at radius 1 is 1.29 bits per heavy atom. The first kappa shape index (κ1) is 11.7. The van der Waals surface area contributed by atoms with Crippen LogP contribution in [0.25, 0.3) is 0 Å². The minimum Gasteiger partial charge on any atom is -0.207 e. The van der Waals surface area contributed by atoms with Gasteiger partial charge < -0.3 is 0 Å². The molecule has 0 saturated heterocycles. The summed E-state index contributed by atoms with van der Waals surface area (Å²) in [6.07, 6.45) is -2.83. The number of hydrogen-bond acceptors (Lipinski definition) is 2. The van der Waals surface area contributed by atoms with E-state index in [1.807, 2.05) is 0 Å². The van der Waals surface area contributed by atoms with Gasteiger partial charge in [0.1, 0.15) is 0 Å². The molecule has 0 aliphatic rings. The van der Waals surface area contributed by atoms with Gasteiger partial charge in [-0.05, 0) is 18.2 Å². The predicted octanol–water partition coefficient (Wildman–Crippen LogP) is 3.21. The van der Waals surface area contributed by atoms with Gasteiger partial charge in [0.05, 0.1) is 4.90 Å². The smallest absolute Gasteiger partial charge is 0.207 e. The molecule has 7 heteroatoms. The molecule has 0 radical (unpaired) electrons. The highest BCUT2D eigenvalue weighted by Crippen LogP contribution is 2.30. The van der Waals surface area contributed by atoms with Gasteiger partial charge in [0.2, 0.25) is 0 Å². The van der Waals surface area contributed by atoms with Crippen molar-refractivity contribution < 1.29 is 17.2 Å². The minimum atomic E-state index is -4.00. The molecular formula is C7H4Cl2F2O2S. The average molecular weight is 261 g/mol. The molecule has 0 amide bonds. The quantitative estimate of drug-likeness (QED) is 0.766. The maximum atomic E-state index is 12.3. The van der Waals surface area contributed by atoms with E-state index in [0.717, 1.165) is 18.2 Å². The van der Waals surface area contributed by atoms with Gasteiger partial charge >= 0.3 is 0 Å². The summed E-state index contributed by atoms with van der Waals surface area (Å²) in [7, 11) is 0.976. The van der Waals surface area contributed by atoms with Crippen LogP contribution in [-0.4, -0.2) is 8.42 Å². The molecule has 0 spiro atoms. The standard InChI is InChI=1S/C7H4Cl2F2O2S/c8-6-2-1-4(14(9,12)13)3-5(6)7(10)11/h1-3,7H. The van der Waals surface area contributed by atoms with Crippen molar-refractivity contribution in [3.63, 3.8) is 0 Å². The summed E-state index contributed by atoms with van der Waals surface area (Å²) in [4.78, 5) is -0.390. The molecule has 0 fully saturated rings. The molecule has 0 bridgehead atoms. The van der Waals surface area contributed by atoms with Crippen molar-refractivity contribution in [1.29, 1.82) is 0 Å². The van der Waals surface area contributed by atoms with Crippen molar-refractivity contribution >= 4 is 31.3 Å². The first-order valence-corrected chi connectivity index (χ1v) is 6.03. The third-order valence-corrected chi connectivity index (χ3v) is 3.18. The van der Waals surface area contributed by atoms with Crippen LogP contribution in [0.1, 0.15) is 12.0 Å². The zero-order valence-electron chi connectivity index (χ0n) is 6.55. The van der Waals surface area contributed by atoms with Gasteiger partial charge in [0.15, 0.2) is 0 Å².